The Morgan fingerprint density at radius 1 is 1.73 bits per heavy atom. The van der Waals surface area contributed by atoms with E-state index in [1.807, 2.05) is 6.08 Å². The summed E-state index contributed by atoms with van der Waals surface area (Å²) in [6, 6.07) is 0. The van der Waals surface area contributed by atoms with Crippen LogP contribution in [-0.2, 0) is 0 Å². The van der Waals surface area contributed by atoms with Crippen LogP contribution in [0.25, 0.3) is 0 Å². The molecule has 1 rings (SSSR count). The molecule has 1 aliphatic carbocycles. The molecule has 0 saturated carbocycles. The van der Waals surface area contributed by atoms with Gasteiger partial charge in [0.2, 0.25) is 0 Å². The highest BCUT2D eigenvalue weighted by molar-refractivity contribution is 5.26. The van der Waals surface area contributed by atoms with Gasteiger partial charge in [0.1, 0.15) is 0 Å². The molecule has 1 atom stereocenters. The van der Waals surface area contributed by atoms with Gasteiger partial charge < -0.3 is 11.1 Å². The fourth-order valence-corrected chi connectivity index (χ4v) is 1.28. The van der Waals surface area contributed by atoms with Gasteiger partial charge in [-0.25, -0.2) is 0 Å². The first-order chi connectivity index (χ1) is 5.16. The van der Waals surface area contributed by atoms with Crippen molar-refractivity contribution in [2.24, 2.45) is 5.73 Å². The van der Waals surface area contributed by atoms with Crippen LogP contribution in [-0.4, -0.2) is 12.1 Å². The molecule has 2 heteroatoms. The highest BCUT2D eigenvalue weighted by atomic mass is 14.9. The molecule has 0 aromatic carbocycles. The van der Waals surface area contributed by atoms with Gasteiger partial charge in [-0.2, -0.15) is 0 Å². The zero-order valence-corrected chi connectivity index (χ0v) is 7.22. The summed E-state index contributed by atoms with van der Waals surface area (Å²) in [7, 11) is 0. The molecular weight excluding hydrogens is 136 g/mol. The van der Waals surface area contributed by atoms with E-state index in [2.05, 4.69) is 31.3 Å². The van der Waals surface area contributed by atoms with Gasteiger partial charge in [0.25, 0.3) is 0 Å². The van der Waals surface area contributed by atoms with Crippen molar-refractivity contribution in [3.8, 4) is 0 Å². The Balaban J connectivity index is 2.58. The minimum absolute atomic E-state index is 0.123. The summed E-state index contributed by atoms with van der Waals surface area (Å²) >= 11 is 0. The first kappa shape index (κ1) is 8.34. The SMILES string of the molecule is CCNC1(C)C=CC(N)=CC1. The van der Waals surface area contributed by atoms with E-state index in [0.29, 0.717) is 0 Å². The molecule has 0 spiro atoms. The van der Waals surface area contributed by atoms with Gasteiger partial charge in [0, 0.05) is 11.2 Å². The number of rotatable bonds is 2. The second-order valence-corrected chi connectivity index (χ2v) is 3.19. The molecule has 0 heterocycles. The number of nitrogens with two attached hydrogens (primary N) is 1. The summed E-state index contributed by atoms with van der Waals surface area (Å²) in [4.78, 5) is 0. The van der Waals surface area contributed by atoms with Crippen LogP contribution in [0.15, 0.2) is 23.9 Å². The van der Waals surface area contributed by atoms with E-state index >= 15 is 0 Å². The summed E-state index contributed by atoms with van der Waals surface area (Å²) in [6.07, 6.45) is 7.14. The maximum absolute atomic E-state index is 5.60. The Kier molecular flexibility index (Phi) is 2.35. The van der Waals surface area contributed by atoms with Crippen molar-refractivity contribution in [1.82, 2.24) is 5.32 Å². The Labute approximate surface area is 68.2 Å². The lowest BCUT2D eigenvalue weighted by atomic mass is 9.92. The van der Waals surface area contributed by atoms with E-state index in [1.165, 1.54) is 0 Å². The minimum atomic E-state index is 0.123. The van der Waals surface area contributed by atoms with E-state index in [1.54, 1.807) is 0 Å². The van der Waals surface area contributed by atoms with Crippen LogP contribution in [0.4, 0.5) is 0 Å². The smallest absolute Gasteiger partial charge is 0.0374 e. The fourth-order valence-electron chi connectivity index (χ4n) is 1.28. The molecule has 2 nitrogen and oxygen atoms in total. The molecule has 3 N–H and O–H groups in total. The number of likely N-dealkylation sites (N-methyl/N-ethyl adjacent to an activating group) is 1. The van der Waals surface area contributed by atoms with Crippen LogP contribution in [0.1, 0.15) is 20.3 Å². The Morgan fingerprint density at radius 3 is 2.91 bits per heavy atom. The molecule has 0 fully saturated rings. The van der Waals surface area contributed by atoms with Gasteiger partial charge >= 0.3 is 0 Å². The third-order valence-corrected chi connectivity index (χ3v) is 1.99. The molecule has 0 amide bonds. The van der Waals surface area contributed by atoms with Crippen molar-refractivity contribution in [2.75, 3.05) is 6.54 Å². The molecule has 0 aliphatic heterocycles. The molecule has 62 valence electrons. The predicted octanol–water partition coefficient (Wildman–Crippen LogP) is 1.16. The summed E-state index contributed by atoms with van der Waals surface area (Å²) in [5.41, 5.74) is 6.60. The average Bonchev–Trinajstić information content (AvgIpc) is 1.97. The van der Waals surface area contributed by atoms with Crippen molar-refractivity contribution in [3.05, 3.63) is 23.9 Å². The van der Waals surface area contributed by atoms with Crippen molar-refractivity contribution >= 4 is 0 Å². The van der Waals surface area contributed by atoms with Crippen molar-refractivity contribution in [3.63, 3.8) is 0 Å². The van der Waals surface area contributed by atoms with Crippen LogP contribution in [0.5, 0.6) is 0 Å². The van der Waals surface area contributed by atoms with E-state index < -0.39 is 0 Å². The Morgan fingerprint density at radius 2 is 2.45 bits per heavy atom. The fraction of sp³-hybridized carbons (Fsp3) is 0.556. The van der Waals surface area contributed by atoms with Gasteiger partial charge in [0.15, 0.2) is 0 Å². The van der Waals surface area contributed by atoms with Crippen molar-refractivity contribution < 1.29 is 0 Å². The topological polar surface area (TPSA) is 38.0 Å². The van der Waals surface area contributed by atoms with Gasteiger partial charge in [-0.1, -0.05) is 19.1 Å². The number of hydrogen-bond donors (Lipinski definition) is 2. The molecule has 0 radical (unpaired) electrons. The third kappa shape index (κ3) is 2.09. The molecule has 0 aromatic heterocycles. The zero-order valence-electron chi connectivity index (χ0n) is 7.22. The second-order valence-electron chi connectivity index (χ2n) is 3.19. The highest BCUT2D eigenvalue weighted by Gasteiger charge is 2.19. The summed E-state index contributed by atoms with van der Waals surface area (Å²) in [6.45, 7) is 5.28. The van der Waals surface area contributed by atoms with Crippen molar-refractivity contribution in [2.45, 2.75) is 25.8 Å². The minimum Gasteiger partial charge on any atom is -0.399 e. The van der Waals surface area contributed by atoms with Crippen LogP contribution in [0.2, 0.25) is 0 Å². The molecule has 1 unspecified atom stereocenters. The Hall–Kier alpha value is -0.760. The quantitative estimate of drug-likeness (QED) is 0.623. The Bertz CT molecular complexity index is 194. The van der Waals surface area contributed by atoms with Crippen LogP contribution in [0.3, 0.4) is 0 Å². The second kappa shape index (κ2) is 3.09. The van der Waals surface area contributed by atoms with Gasteiger partial charge in [-0.15, -0.1) is 0 Å². The molecule has 0 bridgehead atoms. The van der Waals surface area contributed by atoms with E-state index in [9.17, 15) is 0 Å². The summed E-state index contributed by atoms with van der Waals surface area (Å²) < 4.78 is 0. The largest absolute Gasteiger partial charge is 0.399 e. The van der Waals surface area contributed by atoms with Crippen LogP contribution < -0.4 is 11.1 Å². The lowest BCUT2D eigenvalue weighted by molar-refractivity contribution is 0.449. The highest BCUT2D eigenvalue weighted by Crippen LogP contribution is 2.17. The third-order valence-electron chi connectivity index (χ3n) is 1.99. The zero-order chi connectivity index (χ0) is 8.32. The van der Waals surface area contributed by atoms with E-state index in [4.69, 9.17) is 5.73 Å². The number of hydrogen-bond acceptors (Lipinski definition) is 2. The molecule has 0 saturated heterocycles. The lowest BCUT2D eigenvalue weighted by Crippen LogP contribution is -2.41. The first-order valence-electron chi connectivity index (χ1n) is 4.06. The standard InChI is InChI=1S/C9H16N2/c1-3-11-9(2)6-4-8(10)5-7-9/h4-6,11H,3,7,10H2,1-2H3. The number of nitrogens with one attached hydrogen (secondary N) is 1. The van der Waals surface area contributed by atoms with Crippen LogP contribution >= 0.6 is 0 Å². The number of allylic oxidation sites excluding steroid dienone is 1. The predicted molar refractivity (Wildman–Crippen MR) is 48.1 cm³/mol. The maximum atomic E-state index is 5.60. The lowest BCUT2D eigenvalue weighted by Gasteiger charge is -2.28. The first-order valence-corrected chi connectivity index (χ1v) is 4.06. The summed E-state index contributed by atoms with van der Waals surface area (Å²) in [5.74, 6) is 0. The van der Waals surface area contributed by atoms with Gasteiger partial charge in [0.05, 0.1) is 0 Å². The molecule has 0 aromatic rings. The van der Waals surface area contributed by atoms with Gasteiger partial charge in [-0.3, -0.25) is 0 Å². The average molecular weight is 152 g/mol. The van der Waals surface area contributed by atoms with E-state index in [-0.39, 0.29) is 5.54 Å². The molecule has 11 heavy (non-hydrogen) atoms. The molecular formula is C9H16N2. The summed E-state index contributed by atoms with van der Waals surface area (Å²) in [5, 5.41) is 3.39. The normalized spacial score (nSPS) is 30.2. The van der Waals surface area contributed by atoms with Gasteiger partial charge in [-0.05, 0) is 26.0 Å². The van der Waals surface area contributed by atoms with Crippen molar-refractivity contribution in [1.29, 1.82) is 0 Å². The maximum Gasteiger partial charge on any atom is 0.0374 e. The van der Waals surface area contributed by atoms with Crippen LogP contribution in [0, 0.1) is 0 Å². The monoisotopic (exact) mass is 152 g/mol. The molecule has 1 aliphatic rings. The van der Waals surface area contributed by atoms with E-state index in [0.717, 1.165) is 18.7 Å².